The van der Waals surface area contributed by atoms with Crippen molar-refractivity contribution in [3.63, 3.8) is 0 Å². The third kappa shape index (κ3) is 9.51. The summed E-state index contributed by atoms with van der Waals surface area (Å²) in [6, 6.07) is 3.32. The Balaban J connectivity index is 1.21. The lowest BCUT2D eigenvalue weighted by Crippen LogP contribution is -2.58. The number of nitrogens with one attached hydrogen (secondary N) is 3. The van der Waals surface area contributed by atoms with Gasteiger partial charge in [-0.3, -0.25) is 23.9 Å². The molecular weight excluding hydrogens is 799 g/mol. The Bertz CT molecular complexity index is 2140. The number of methoxy groups -OCH3 is 2. The summed E-state index contributed by atoms with van der Waals surface area (Å²) in [6.45, 7) is 6.07. The Morgan fingerprint density at radius 3 is 2.63 bits per heavy atom. The van der Waals surface area contributed by atoms with Crippen molar-refractivity contribution in [1.29, 1.82) is 0 Å². The van der Waals surface area contributed by atoms with Crippen LogP contribution in [0.3, 0.4) is 0 Å². The summed E-state index contributed by atoms with van der Waals surface area (Å²) in [6.07, 6.45) is 9.94. The van der Waals surface area contributed by atoms with Gasteiger partial charge in [-0.2, -0.15) is 0 Å². The third-order valence-corrected chi connectivity index (χ3v) is 14.7. The van der Waals surface area contributed by atoms with Gasteiger partial charge in [0.15, 0.2) is 0 Å². The Kier molecular flexibility index (Phi) is 12.8. The number of aromatic nitrogens is 1. The maximum Gasteiger partial charge on any atom is 0.259 e. The number of pyridine rings is 1. The second-order valence-corrected chi connectivity index (χ2v) is 19.7. The molecule has 1 aromatic carbocycles. The first-order chi connectivity index (χ1) is 28.2. The number of carbonyl (C=O) groups excluding carboxylic acids is 4. The number of sulfonamides is 1. The number of rotatable bonds is 12. The number of amides is 4. The minimum Gasteiger partial charge on any atom is -0.496 e. The van der Waals surface area contributed by atoms with Crippen LogP contribution >= 0.6 is 11.8 Å². The van der Waals surface area contributed by atoms with Gasteiger partial charge in [0.1, 0.15) is 35.2 Å². The Hall–Kier alpha value is -4.35. The molecule has 2 saturated carbocycles. The number of allylic oxidation sites excluding steroid dienone is 2. The molecule has 3 N–H and O–H groups in total. The summed E-state index contributed by atoms with van der Waals surface area (Å²) in [5, 5.41) is 5.58. The molecule has 0 bridgehead atoms. The lowest BCUT2D eigenvalue weighted by atomic mass is 10.0. The Morgan fingerprint density at radius 1 is 1.10 bits per heavy atom. The molecule has 1 saturated heterocycles. The number of aryl methyl sites for hydroxylation is 1. The summed E-state index contributed by atoms with van der Waals surface area (Å²) in [7, 11) is -0.724. The summed E-state index contributed by atoms with van der Waals surface area (Å²) in [4.78, 5) is 64.2. The molecule has 17 heteroatoms. The molecule has 4 amide bonds. The molecule has 3 aliphatic heterocycles. The van der Waals surface area contributed by atoms with Gasteiger partial charge in [-0.1, -0.05) is 31.1 Å². The van der Waals surface area contributed by atoms with Crippen molar-refractivity contribution in [2.24, 2.45) is 5.92 Å². The van der Waals surface area contributed by atoms with Gasteiger partial charge in [-0.25, -0.2) is 13.4 Å². The van der Waals surface area contributed by atoms with E-state index in [9.17, 15) is 27.6 Å². The van der Waals surface area contributed by atoms with Crippen LogP contribution < -0.4 is 29.6 Å². The molecule has 59 heavy (non-hydrogen) atoms. The van der Waals surface area contributed by atoms with Crippen molar-refractivity contribution in [2.45, 2.75) is 125 Å². The van der Waals surface area contributed by atoms with Crippen LogP contribution in [0.2, 0.25) is 0 Å². The second-order valence-electron chi connectivity index (χ2n) is 16.4. The number of fused-ring (bicyclic) bond motifs is 3. The first-order valence-corrected chi connectivity index (χ1v) is 23.0. The first kappa shape index (κ1) is 42.8. The van der Waals surface area contributed by atoms with Gasteiger partial charge >= 0.3 is 0 Å². The van der Waals surface area contributed by atoms with Gasteiger partial charge in [0.2, 0.25) is 33.6 Å². The number of hydrogen-bond donors (Lipinski definition) is 3. The highest BCUT2D eigenvalue weighted by molar-refractivity contribution is 8.04. The normalized spacial score (nSPS) is 28.1. The molecule has 0 spiro atoms. The van der Waals surface area contributed by atoms with E-state index in [2.05, 4.69) is 15.4 Å². The molecule has 0 radical (unpaired) electrons. The maximum atomic E-state index is 14.8. The molecule has 7 rings (SSSR count). The average molecular weight is 854 g/mol. The summed E-state index contributed by atoms with van der Waals surface area (Å²) in [5.41, 5.74) is -0.122. The maximum absolute atomic E-state index is 14.8. The topological polar surface area (TPSA) is 192 Å². The molecule has 2 aromatic rings. The highest BCUT2D eigenvalue weighted by Crippen LogP contribution is 2.46. The fourth-order valence-corrected chi connectivity index (χ4v) is 10.7. The summed E-state index contributed by atoms with van der Waals surface area (Å²) < 4.78 is 51.7. The van der Waals surface area contributed by atoms with Crippen LogP contribution in [-0.4, -0.2) is 110 Å². The van der Waals surface area contributed by atoms with Gasteiger partial charge in [0.05, 0.1) is 42.4 Å². The molecule has 6 atom stereocenters. The number of carbonyl (C=O) groups is 4. The lowest BCUT2D eigenvalue weighted by molar-refractivity contribution is -0.142. The molecule has 2 unspecified atom stereocenters. The number of ether oxygens (including phenoxy) is 4. The van der Waals surface area contributed by atoms with E-state index in [1.807, 2.05) is 51.1 Å². The van der Waals surface area contributed by atoms with E-state index in [0.717, 1.165) is 23.3 Å². The van der Waals surface area contributed by atoms with Gasteiger partial charge in [-0.15, -0.1) is 11.8 Å². The minimum atomic E-state index is -3.91. The van der Waals surface area contributed by atoms with Crippen LogP contribution in [-0.2, 0) is 33.9 Å². The van der Waals surface area contributed by atoms with Crippen LogP contribution in [0.1, 0.15) is 83.6 Å². The fourth-order valence-electron chi connectivity index (χ4n) is 8.18. The third-order valence-electron chi connectivity index (χ3n) is 11.6. The predicted molar refractivity (Wildman–Crippen MR) is 223 cm³/mol. The fraction of sp³-hybridized carbons (Fsp3) is 0.595. The van der Waals surface area contributed by atoms with Crippen molar-refractivity contribution < 1.29 is 46.5 Å². The van der Waals surface area contributed by atoms with E-state index in [1.54, 1.807) is 20.3 Å². The Labute approximate surface area is 349 Å². The first-order valence-electron chi connectivity index (χ1n) is 20.5. The van der Waals surface area contributed by atoms with E-state index in [1.165, 1.54) is 16.7 Å². The zero-order valence-corrected chi connectivity index (χ0v) is 35.9. The molecular formula is C42H55N5O10S2. The van der Waals surface area contributed by atoms with E-state index >= 15 is 0 Å². The van der Waals surface area contributed by atoms with E-state index in [4.69, 9.17) is 23.9 Å². The number of benzene rings is 1. The van der Waals surface area contributed by atoms with Crippen LogP contribution in [0.25, 0.3) is 10.9 Å². The van der Waals surface area contributed by atoms with E-state index < -0.39 is 67.9 Å². The monoisotopic (exact) mass is 853 g/mol. The van der Waals surface area contributed by atoms with Crippen LogP contribution in [0, 0.1) is 12.8 Å². The molecule has 320 valence electrons. The molecule has 15 nitrogen and oxygen atoms in total. The minimum absolute atomic E-state index is 0.00107. The Morgan fingerprint density at radius 2 is 1.90 bits per heavy atom. The zero-order valence-electron chi connectivity index (χ0n) is 34.3. The number of thioether (sulfide) groups is 1. The van der Waals surface area contributed by atoms with Crippen molar-refractivity contribution in [1.82, 2.24) is 25.2 Å². The molecule has 4 heterocycles. The van der Waals surface area contributed by atoms with Crippen molar-refractivity contribution >= 4 is 56.3 Å². The van der Waals surface area contributed by atoms with Gasteiger partial charge in [0, 0.05) is 41.4 Å². The lowest BCUT2D eigenvalue weighted by Gasteiger charge is -2.30. The van der Waals surface area contributed by atoms with Gasteiger partial charge < -0.3 is 34.5 Å². The highest BCUT2D eigenvalue weighted by atomic mass is 32.2. The molecule has 3 fully saturated rings. The SMILES string of the molecule is COCC1=CCC(C(=O)N[C@H]2CCCCC/C=C\C3C[C@@]3(C(=O)NS(=O)(=O)C3CC3)NC(=O)[C@@H]3C[C@@H](Oc4cc(OC(C)C)nc5c(C)c(OC)ccc45)CN3C2=O)S1. The van der Waals surface area contributed by atoms with Crippen molar-refractivity contribution in [3.05, 3.63) is 46.9 Å². The van der Waals surface area contributed by atoms with E-state index in [0.29, 0.717) is 73.4 Å². The van der Waals surface area contributed by atoms with Crippen LogP contribution in [0.15, 0.2) is 41.3 Å². The number of nitrogens with zero attached hydrogens (tertiary/aromatic N) is 2. The number of hydrogen-bond acceptors (Lipinski definition) is 12. The van der Waals surface area contributed by atoms with E-state index in [-0.39, 0.29) is 31.4 Å². The average Bonchev–Trinajstić information content (AvgIpc) is 4.07. The van der Waals surface area contributed by atoms with Crippen molar-refractivity contribution in [2.75, 3.05) is 27.4 Å². The van der Waals surface area contributed by atoms with Gasteiger partial charge in [0.25, 0.3) is 5.91 Å². The standard InChI is InChI=1S/C42H55N5O10S2/c1-24(2)56-36-20-34(30-16-17-33(55-5)25(3)37(30)44-36)57-27-19-32-38(48)45-42(41(51)46-59(52,53)29-14-15-29)21-26(42)11-9-7-6-8-10-12-31(40(50)47(32)22-27)43-39(49)35-18-13-28(58-35)23-54-4/h9,11,13,16-17,20,24,26-27,29,31-32,35H,6-8,10,12,14-15,18-19,21-23H2,1-5H3,(H,43,49)(H,45,48)(H,46,51)/b11-9-/t26?,27-,31+,32+,35?,42-/m1/s1. The van der Waals surface area contributed by atoms with Crippen molar-refractivity contribution in [3.8, 4) is 17.4 Å². The summed E-state index contributed by atoms with van der Waals surface area (Å²) >= 11 is 1.41. The summed E-state index contributed by atoms with van der Waals surface area (Å²) in [5.74, 6) is -1.13. The molecule has 2 aliphatic carbocycles. The zero-order chi connectivity index (χ0) is 42.1. The molecule has 5 aliphatic rings. The highest BCUT2D eigenvalue weighted by Gasteiger charge is 2.62. The van der Waals surface area contributed by atoms with Gasteiger partial charge in [-0.05, 0) is 77.8 Å². The smallest absolute Gasteiger partial charge is 0.259 e. The van der Waals surface area contributed by atoms with Crippen LogP contribution in [0.4, 0.5) is 0 Å². The molecule has 1 aromatic heterocycles. The van der Waals surface area contributed by atoms with Crippen LogP contribution in [0.5, 0.6) is 17.4 Å². The quantitative estimate of drug-likeness (QED) is 0.258. The predicted octanol–water partition coefficient (Wildman–Crippen LogP) is 4.21. The largest absolute Gasteiger partial charge is 0.496 e. The second kappa shape index (κ2) is 17.7.